The van der Waals surface area contributed by atoms with Gasteiger partial charge in [-0.2, -0.15) is 0 Å². The number of aromatic amines is 1. The van der Waals surface area contributed by atoms with Crippen LogP contribution in [0.15, 0.2) is 17.7 Å². The topological polar surface area (TPSA) is 104 Å². The van der Waals surface area contributed by atoms with Gasteiger partial charge in [0.25, 0.3) is 0 Å². The number of nitrogens with zero attached hydrogens (tertiary/aromatic N) is 3. The third kappa shape index (κ3) is 1.94. The normalized spacial score (nSPS) is 9.71. The largest absolute Gasteiger partial charge is 0.378 e. The van der Waals surface area contributed by atoms with Gasteiger partial charge in [-0.1, -0.05) is 0 Å². The molecule has 0 aliphatic heterocycles. The average Bonchev–Trinajstić information content (AvgIpc) is 2.51. The lowest BCUT2D eigenvalue weighted by molar-refractivity contribution is 1.09. The summed E-state index contributed by atoms with van der Waals surface area (Å²) in [6, 6.07) is 0. The summed E-state index contributed by atoms with van der Waals surface area (Å²) in [7, 11) is 0. The van der Waals surface area contributed by atoms with Gasteiger partial charge >= 0.3 is 0 Å². The highest BCUT2D eigenvalue weighted by atomic mass is 35.5. The van der Waals surface area contributed by atoms with E-state index in [9.17, 15) is 0 Å². The summed E-state index contributed by atoms with van der Waals surface area (Å²) in [4.78, 5) is 14.7. The molecule has 4 N–H and O–H groups in total. The number of nitrogens with two attached hydrogens (primary N) is 1. The van der Waals surface area contributed by atoms with E-state index in [0.717, 1.165) is 11.8 Å². The van der Waals surface area contributed by atoms with Gasteiger partial charge < -0.3 is 10.7 Å². The number of fused-ring (bicyclic) bond motifs is 1. The zero-order valence-electron chi connectivity index (χ0n) is 6.89. The van der Waals surface area contributed by atoms with E-state index in [0.29, 0.717) is 16.2 Å². The number of H-pyrrole nitrogens is 1. The Morgan fingerprint density at radius 1 is 1.43 bits per heavy atom. The molecule has 14 heavy (non-hydrogen) atoms. The fourth-order valence-corrected chi connectivity index (χ4v) is 1.48. The zero-order chi connectivity index (χ0) is 9.26. The van der Waals surface area contributed by atoms with E-state index in [1.54, 1.807) is 0 Å². The van der Waals surface area contributed by atoms with Gasteiger partial charge in [-0.25, -0.2) is 15.0 Å². The number of amidine groups is 1. The van der Waals surface area contributed by atoms with E-state index < -0.39 is 0 Å². The standard InChI is InChI=1S/C6H6N6S.ClH/c7-6(8)13-5-3-4(10-1-9-3)11-2-12-5;/h1-2H,(H3,7,8)(H,9,10,11,12);1H. The number of hydrogen-bond acceptors (Lipinski definition) is 5. The van der Waals surface area contributed by atoms with E-state index >= 15 is 0 Å². The molecule has 0 spiro atoms. The molecule has 0 fully saturated rings. The van der Waals surface area contributed by atoms with Crippen molar-refractivity contribution in [2.24, 2.45) is 5.73 Å². The first kappa shape index (κ1) is 10.7. The molecule has 0 aliphatic carbocycles. The third-order valence-electron chi connectivity index (χ3n) is 1.39. The minimum absolute atomic E-state index is 0. The van der Waals surface area contributed by atoms with Crippen LogP contribution in [-0.2, 0) is 0 Å². The molecule has 2 aromatic rings. The quantitative estimate of drug-likeness (QED) is 0.290. The summed E-state index contributed by atoms with van der Waals surface area (Å²) < 4.78 is 0. The van der Waals surface area contributed by atoms with Crippen molar-refractivity contribution in [1.29, 1.82) is 5.41 Å². The van der Waals surface area contributed by atoms with Gasteiger partial charge in [0.05, 0.1) is 6.33 Å². The molecule has 6 nitrogen and oxygen atoms in total. The van der Waals surface area contributed by atoms with Crippen molar-refractivity contribution in [3.63, 3.8) is 0 Å². The Balaban J connectivity index is 0.000000980. The van der Waals surface area contributed by atoms with Crippen LogP contribution in [0.3, 0.4) is 0 Å². The van der Waals surface area contributed by atoms with Crippen molar-refractivity contribution in [1.82, 2.24) is 19.9 Å². The van der Waals surface area contributed by atoms with Crippen LogP contribution in [0.5, 0.6) is 0 Å². The Hall–Kier alpha value is -1.34. The maximum absolute atomic E-state index is 7.11. The second kappa shape index (κ2) is 4.25. The maximum Gasteiger partial charge on any atom is 0.181 e. The molecule has 0 unspecified atom stereocenters. The van der Waals surface area contributed by atoms with Crippen LogP contribution in [0.25, 0.3) is 11.2 Å². The first-order chi connectivity index (χ1) is 6.27. The molecular formula is C6H7ClN6S. The van der Waals surface area contributed by atoms with Crippen LogP contribution in [0.4, 0.5) is 0 Å². The Labute approximate surface area is 89.6 Å². The van der Waals surface area contributed by atoms with Crippen LogP contribution >= 0.6 is 24.2 Å². The lowest BCUT2D eigenvalue weighted by atomic mass is 10.6. The van der Waals surface area contributed by atoms with E-state index in [1.165, 1.54) is 12.7 Å². The van der Waals surface area contributed by atoms with Gasteiger partial charge in [0, 0.05) is 0 Å². The minimum atomic E-state index is -0.00500. The van der Waals surface area contributed by atoms with Crippen LogP contribution in [0, 0.1) is 5.41 Å². The second-order valence-corrected chi connectivity index (χ2v) is 3.28. The van der Waals surface area contributed by atoms with E-state index in [1.807, 2.05) is 0 Å². The molecule has 0 saturated carbocycles. The van der Waals surface area contributed by atoms with Crippen LogP contribution < -0.4 is 5.73 Å². The summed E-state index contributed by atoms with van der Waals surface area (Å²) in [6.45, 7) is 0. The van der Waals surface area contributed by atoms with Crippen molar-refractivity contribution in [2.45, 2.75) is 5.03 Å². The number of hydrogen-bond donors (Lipinski definition) is 3. The van der Waals surface area contributed by atoms with Gasteiger partial charge in [-0.15, -0.1) is 12.4 Å². The summed E-state index contributed by atoms with van der Waals surface area (Å²) in [5, 5.41) is 7.72. The molecular weight excluding hydrogens is 224 g/mol. The molecule has 0 radical (unpaired) electrons. The SMILES string of the molecule is Cl.N=C(N)Sc1ncnc2nc[nH]c12. The number of thioether (sulfide) groups is 1. The lowest BCUT2D eigenvalue weighted by Crippen LogP contribution is -2.04. The van der Waals surface area contributed by atoms with Crippen LogP contribution in [-0.4, -0.2) is 25.1 Å². The van der Waals surface area contributed by atoms with Crippen molar-refractivity contribution in [3.8, 4) is 0 Å². The first-order valence-electron chi connectivity index (χ1n) is 3.43. The molecule has 2 heterocycles. The Morgan fingerprint density at radius 3 is 2.93 bits per heavy atom. The molecule has 0 amide bonds. The van der Waals surface area contributed by atoms with Gasteiger partial charge in [-0.3, -0.25) is 5.41 Å². The molecule has 74 valence electrons. The minimum Gasteiger partial charge on any atom is -0.378 e. The molecule has 2 aromatic heterocycles. The van der Waals surface area contributed by atoms with Crippen molar-refractivity contribution in [3.05, 3.63) is 12.7 Å². The van der Waals surface area contributed by atoms with Crippen molar-refractivity contribution >= 4 is 40.5 Å². The summed E-state index contributed by atoms with van der Waals surface area (Å²) >= 11 is 1.07. The highest BCUT2D eigenvalue weighted by molar-refractivity contribution is 8.13. The fourth-order valence-electron chi connectivity index (χ4n) is 0.924. The maximum atomic E-state index is 7.11. The summed E-state index contributed by atoms with van der Waals surface area (Å²) in [5.41, 5.74) is 6.53. The van der Waals surface area contributed by atoms with Gasteiger partial charge in [-0.05, 0) is 11.8 Å². The molecule has 2 rings (SSSR count). The molecule has 0 bridgehead atoms. The molecule has 0 aliphatic rings. The van der Waals surface area contributed by atoms with Crippen molar-refractivity contribution < 1.29 is 0 Å². The monoisotopic (exact) mass is 230 g/mol. The summed E-state index contributed by atoms with van der Waals surface area (Å²) in [6.07, 6.45) is 2.93. The molecule has 0 atom stereocenters. The van der Waals surface area contributed by atoms with E-state index in [-0.39, 0.29) is 17.6 Å². The third-order valence-corrected chi connectivity index (χ3v) is 2.12. The Bertz CT molecular complexity index is 454. The lowest BCUT2D eigenvalue weighted by Gasteiger charge is -1.97. The van der Waals surface area contributed by atoms with Gasteiger partial charge in [0.1, 0.15) is 16.9 Å². The number of rotatable bonds is 1. The predicted octanol–water partition coefficient (Wildman–Crippen LogP) is 0.760. The number of halogens is 1. The van der Waals surface area contributed by atoms with E-state index in [2.05, 4.69) is 19.9 Å². The molecule has 0 saturated heterocycles. The predicted molar refractivity (Wildman–Crippen MR) is 56.7 cm³/mol. The zero-order valence-corrected chi connectivity index (χ0v) is 8.52. The summed E-state index contributed by atoms with van der Waals surface area (Å²) in [5.74, 6) is 0. The van der Waals surface area contributed by atoms with Gasteiger partial charge in [0.15, 0.2) is 10.8 Å². The number of aromatic nitrogens is 4. The highest BCUT2D eigenvalue weighted by Gasteiger charge is 2.06. The Kier molecular flexibility index (Phi) is 3.26. The Morgan fingerprint density at radius 2 is 2.21 bits per heavy atom. The second-order valence-electron chi connectivity index (χ2n) is 2.25. The number of imidazole rings is 1. The average molecular weight is 231 g/mol. The number of nitrogens with one attached hydrogen (secondary N) is 2. The van der Waals surface area contributed by atoms with Crippen LogP contribution in [0.2, 0.25) is 0 Å². The smallest absolute Gasteiger partial charge is 0.181 e. The molecule has 0 aromatic carbocycles. The first-order valence-corrected chi connectivity index (χ1v) is 4.25. The highest BCUT2D eigenvalue weighted by Crippen LogP contribution is 2.20. The fraction of sp³-hybridized carbons (Fsp3) is 0. The van der Waals surface area contributed by atoms with Gasteiger partial charge in [0.2, 0.25) is 0 Å². The van der Waals surface area contributed by atoms with Crippen LogP contribution in [0.1, 0.15) is 0 Å². The van der Waals surface area contributed by atoms with Crippen molar-refractivity contribution in [2.75, 3.05) is 0 Å². The van der Waals surface area contributed by atoms with E-state index in [4.69, 9.17) is 11.1 Å². The molecule has 8 heteroatoms.